The van der Waals surface area contributed by atoms with Gasteiger partial charge in [0, 0.05) is 0 Å². The standard InChI is InChI=1S/C5H10N2O3S2.ClH/c6-5(7)11-4-2-12(9,10)1-3(4)8;/h3-4,8H,1-2H2,(H3,6,7);1H/p-1. The molecule has 1 aliphatic heterocycles. The normalized spacial score (nSPS) is 30.8. The first-order valence-corrected chi connectivity index (χ1v) is 6.00. The Labute approximate surface area is 86.9 Å². The largest absolute Gasteiger partial charge is 1.00 e. The predicted molar refractivity (Wildman–Crippen MR) is 48.0 cm³/mol. The summed E-state index contributed by atoms with van der Waals surface area (Å²) < 4.78 is 21.9. The zero-order valence-corrected chi connectivity index (χ0v) is 8.99. The predicted octanol–water partition coefficient (Wildman–Crippen LogP) is -4.23. The van der Waals surface area contributed by atoms with Crippen molar-refractivity contribution in [2.24, 2.45) is 5.73 Å². The van der Waals surface area contributed by atoms with Crippen molar-refractivity contribution in [1.29, 1.82) is 5.41 Å². The highest BCUT2D eigenvalue weighted by molar-refractivity contribution is 8.14. The minimum atomic E-state index is -3.11. The van der Waals surface area contributed by atoms with E-state index in [2.05, 4.69) is 0 Å². The summed E-state index contributed by atoms with van der Waals surface area (Å²) in [5, 5.41) is 15.5. The minimum Gasteiger partial charge on any atom is -1.00 e. The molecule has 1 fully saturated rings. The molecule has 4 N–H and O–H groups in total. The average Bonchev–Trinajstić information content (AvgIpc) is 2.03. The van der Waals surface area contributed by atoms with Crippen molar-refractivity contribution in [2.45, 2.75) is 11.4 Å². The average molecular weight is 246 g/mol. The van der Waals surface area contributed by atoms with E-state index in [1.54, 1.807) is 0 Å². The topological polar surface area (TPSA) is 104 Å². The van der Waals surface area contributed by atoms with Crippen LogP contribution >= 0.6 is 11.8 Å². The molecule has 0 spiro atoms. The number of sulfone groups is 1. The molecule has 0 amide bonds. The van der Waals surface area contributed by atoms with Crippen LogP contribution in [0.25, 0.3) is 0 Å². The Kier molecular flexibility index (Phi) is 4.50. The monoisotopic (exact) mass is 245 g/mol. The van der Waals surface area contributed by atoms with Crippen molar-refractivity contribution in [2.75, 3.05) is 11.5 Å². The molecule has 1 heterocycles. The van der Waals surface area contributed by atoms with Gasteiger partial charge in [-0.3, -0.25) is 5.41 Å². The first kappa shape index (κ1) is 13.0. The van der Waals surface area contributed by atoms with Crippen LogP contribution in [-0.2, 0) is 9.84 Å². The van der Waals surface area contributed by atoms with Gasteiger partial charge in [0.25, 0.3) is 0 Å². The molecule has 0 saturated carbocycles. The molecule has 0 bridgehead atoms. The molecule has 78 valence electrons. The summed E-state index contributed by atoms with van der Waals surface area (Å²) in [5.74, 6) is -0.295. The van der Waals surface area contributed by atoms with Gasteiger partial charge in [0.15, 0.2) is 15.0 Å². The smallest absolute Gasteiger partial charge is 0.154 e. The number of hydrogen-bond acceptors (Lipinski definition) is 5. The van der Waals surface area contributed by atoms with Crippen molar-refractivity contribution < 1.29 is 25.9 Å². The Bertz CT molecular complexity index is 292. The van der Waals surface area contributed by atoms with Gasteiger partial charge in [-0.15, -0.1) is 0 Å². The van der Waals surface area contributed by atoms with Crippen LogP contribution in [-0.4, -0.2) is 41.6 Å². The molecule has 2 atom stereocenters. The van der Waals surface area contributed by atoms with E-state index in [1.807, 2.05) is 0 Å². The fourth-order valence-electron chi connectivity index (χ4n) is 1.07. The lowest BCUT2D eigenvalue weighted by atomic mass is 10.3. The van der Waals surface area contributed by atoms with Crippen LogP contribution < -0.4 is 18.1 Å². The van der Waals surface area contributed by atoms with Gasteiger partial charge >= 0.3 is 0 Å². The van der Waals surface area contributed by atoms with Gasteiger partial charge in [-0.05, 0) is 0 Å². The zero-order valence-electron chi connectivity index (χ0n) is 6.60. The van der Waals surface area contributed by atoms with Crippen LogP contribution in [0.5, 0.6) is 0 Å². The number of rotatable bonds is 1. The lowest BCUT2D eigenvalue weighted by Gasteiger charge is -2.09. The lowest BCUT2D eigenvalue weighted by molar-refractivity contribution is -0.00000718. The molecule has 8 heteroatoms. The van der Waals surface area contributed by atoms with E-state index in [1.165, 1.54) is 0 Å². The summed E-state index contributed by atoms with van der Waals surface area (Å²) in [7, 11) is -3.11. The van der Waals surface area contributed by atoms with Gasteiger partial charge in [-0.25, -0.2) is 8.42 Å². The Morgan fingerprint density at radius 1 is 1.54 bits per heavy atom. The molecule has 0 aromatic heterocycles. The second kappa shape index (κ2) is 4.50. The lowest BCUT2D eigenvalue weighted by Crippen LogP contribution is -3.00. The van der Waals surface area contributed by atoms with Crippen LogP contribution in [0.15, 0.2) is 0 Å². The maximum absolute atomic E-state index is 10.9. The van der Waals surface area contributed by atoms with Crippen molar-refractivity contribution >= 4 is 26.8 Å². The molecule has 1 saturated heterocycles. The molecule has 2 unspecified atom stereocenters. The summed E-state index contributed by atoms with van der Waals surface area (Å²) in [6, 6.07) is 0. The SMILES string of the molecule is N=C(N)SC1CS(=O)(=O)CC1O.[Cl-]. The van der Waals surface area contributed by atoms with Crippen LogP contribution in [0.1, 0.15) is 0 Å². The molecule has 13 heavy (non-hydrogen) atoms. The summed E-state index contributed by atoms with van der Waals surface area (Å²) >= 11 is 0.904. The van der Waals surface area contributed by atoms with Gasteiger partial charge in [0.2, 0.25) is 0 Å². The quantitative estimate of drug-likeness (QED) is 0.321. The van der Waals surface area contributed by atoms with Crippen LogP contribution in [0.2, 0.25) is 0 Å². The first-order chi connectivity index (χ1) is 5.41. The number of aliphatic hydroxyl groups excluding tert-OH is 1. The molecule has 0 radical (unpaired) electrons. The maximum atomic E-state index is 10.9. The van der Waals surface area contributed by atoms with E-state index in [9.17, 15) is 13.5 Å². The molecular formula is C5H10ClN2O3S2-. The van der Waals surface area contributed by atoms with Gasteiger partial charge in [0.1, 0.15) is 0 Å². The summed E-state index contributed by atoms with van der Waals surface area (Å²) in [5.41, 5.74) is 5.06. The summed E-state index contributed by atoms with van der Waals surface area (Å²) in [6.07, 6.45) is -0.885. The number of thioether (sulfide) groups is 1. The Morgan fingerprint density at radius 2 is 2.08 bits per heavy atom. The van der Waals surface area contributed by atoms with E-state index >= 15 is 0 Å². The summed E-state index contributed by atoms with van der Waals surface area (Å²) in [4.78, 5) is 0. The third-order valence-electron chi connectivity index (χ3n) is 1.55. The van der Waals surface area contributed by atoms with Gasteiger partial charge < -0.3 is 23.2 Å². The van der Waals surface area contributed by atoms with Gasteiger partial charge in [-0.1, -0.05) is 11.8 Å². The first-order valence-electron chi connectivity index (χ1n) is 3.30. The minimum absolute atomic E-state index is 0. The summed E-state index contributed by atoms with van der Waals surface area (Å²) in [6.45, 7) is 0. The molecule has 5 nitrogen and oxygen atoms in total. The highest BCUT2D eigenvalue weighted by Crippen LogP contribution is 2.24. The highest BCUT2D eigenvalue weighted by atomic mass is 35.5. The maximum Gasteiger partial charge on any atom is 0.154 e. The Hall–Kier alpha value is 0.0200. The number of hydrogen-bond donors (Lipinski definition) is 3. The van der Waals surface area contributed by atoms with E-state index < -0.39 is 21.2 Å². The zero-order chi connectivity index (χ0) is 9.35. The number of halogens is 1. The van der Waals surface area contributed by atoms with Crippen LogP contribution in [0, 0.1) is 5.41 Å². The number of aliphatic hydroxyl groups is 1. The second-order valence-corrected chi connectivity index (χ2v) is 6.10. The van der Waals surface area contributed by atoms with Crippen LogP contribution in [0.3, 0.4) is 0 Å². The Balaban J connectivity index is 0.00000144. The van der Waals surface area contributed by atoms with Crippen LogP contribution in [0.4, 0.5) is 0 Å². The Morgan fingerprint density at radius 3 is 2.38 bits per heavy atom. The highest BCUT2D eigenvalue weighted by Gasteiger charge is 2.37. The van der Waals surface area contributed by atoms with Gasteiger partial charge in [-0.2, -0.15) is 0 Å². The van der Waals surface area contributed by atoms with E-state index in [-0.39, 0.29) is 29.1 Å². The molecule has 0 aliphatic carbocycles. The molecule has 0 aromatic rings. The van der Waals surface area contributed by atoms with E-state index in [4.69, 9.17) is 11.1 Å². The number of amidine groups is 1. The number of nitrogens with one attached hydrogen (secondary N) is 1. The van der Waals surface area contributed by atoms with Crippen molar-refractivity contribution in [3.63, 3.8) is 0 Å². The molecule has 1 aliphatic rings. The fraction of sp³-hybridized carbons (Fsp3) is 0.800. The van der Waals surface area contributed by atoms with E-state index in [0.29, 0.717) is 0 Å². The third kappa shape index (κ3) is 3.72. The number of nitrogens with two attached hydrogens (primary N) is 1. The van der Waals surface area contributed by atoms with Crippen molar-refractivity contribution in [3.05, 3.63) is 0 Å². The molecular weight excluding hydrogens is 236 g/mol. The second-order valence-electron chi connectivity index (χ2n) is 2.66. The third-order valence-corrected chi connectivity index (χ3v) is 4.52. The van der Waals surface area contributed by atoms with Gasteiger partial charge in [0.05, 0.1) is 22.9 Å². The van der Waals surface area contributed by atoms with Crippen molar-refractivity contribution in [3.8, 4) is 0 Å². The van der Waals surface area contributed by atoms with Crippen molar-refractivity contribution in [1.82, 2.24) is 0 Å². The van der Waals surface area contributed by atoms with E-state index in [0.717, 1.165) is 11.8 Å². The molecule has 0 aromatic carbocycles. The fourth-order valence-corrected chi connectivity index (χ4v) is 4.28. The molecule has 1 rings (SSSR count).